The van der Waals surface area contributed by atoms with Crippen molar-refractivity contribution < 1.29 is 80.2 Å². The molecule has 0 bridgehead atoms. The number of phosphoric acid groups is 2. The zero-order chi connectivity index (χ0) is 75.6. The number of carbonyl (C=O) groups is 4. The predicted molar refractivity (Wildman–Crippen MR) is 423 cm³/mol. The SMILES string of the molecule is CCCCCCCCCCCCCCCCCCCCCCCC(=O)O[C@H](COC(=O)CCCCCCCCCCCCCCCCCCC(C)C)COP(=O)(O)OC[C@@H](O)COP(=O)(O)OC[C@@H](COC(=O)CCCCCCCCC(C)C)OC(=O)CCCCCCCCCCCCCCCC. The molecule has 0 aromatic rings. The number of aliphatic hydroxyl groups is 1. The van der Waals surface area contributed by atoms with Crippen LogP contribution in [0.4, 0.5) is 0 Å². The van der Waals surface area contributed by atoms with Crippen LogP contribution in [-0.4, -0.2) is 96.7 Å². The Morgan fingerprint density at radius 3 is 0.660 bits per heavy atom. The molecule has 0 spiro atoms. The number of hydrogen-bond acceptors (Lipinski definition) is 15. The third-order valence-electron chi connectivity index (χ3n) is 19.7. The van der Waals surface area contributed by atoms with Crippen LogP contribution in [0, 0.1) is 11.8 Å². The molecule has 5 atom stereocenters. The summed E-state index contributed by atoms with van der Waals surface area (Å²) in [5, 5.41) is 10.7. The third kappa shape index (κ3) is 78.0. The number of unbranched alkanes of at least 4 members (excludes halogenated alkanes) is 53. The second-order valence-corrected chi connectivity index (χ2v) is 34.1. The Labute approximate surface area is 632 Å². The van der Waals surface area contributed by atoms with Crippen molar-refractivity contribution in [2.45, 2.75) is 464 Å². The zero-order valence-corrected chi connectivity index (χ0v) is 69.4. The van der Waals surface area contributed by atoms with Gasteiger partial charge in [0.05, 0.1) is 26.4 Å². The second kappa shape index (κ2) is 75.5. The molecular formula is C84H164O17P2. The van der Waals surface area contributed by atoms with E-state index in [2.05, 4.69) is 41.5 Å². The Kier molecular flexibility index (Phi) is 74.1. The lowest BCUT2D eigenvalue weighted by molar-refractivity contribution is -0.161. The Morgan fingerprint density at radius 2 is 0.447 bits per heavy atom. The highest BCUT2D eigenvalue weighted by atomic mass is 31.2. The molecule has 0 aliphatic rings. The van der Waals surface area contributed by atoms with E-state index in [0.29, 0.717) is 31.6 Å². The maximum Gasteiger partial charge on any atom is 0.472 e. The molecule has 103 heavy (non-hydrogen) atoms. The summed E-state index contributed by atoms with van der Waals surface area (Å²) >= 11 is 0. The van der Waals surface area contributed by atoms with Crippen LogP contribution in [0.15, 0.2) is 0 Å². The summed E-state index contributed by atoms with van der Waals surface area (Å²) in [7, 11) is -9.92. The van der Waals surface area contributed by atoms with Gasteiger partial charge in [-0.05, 0) is 37.5 Å². The van der Waals surface area contributed by atoms with Crippen LogP contribution < -0.4 is 0 Å². The lowest BCUT2D eigenvalue weighted by atomic mass is 10.0. The van der Waals surface area contributed by atoms with Crippen molar-refractivity contribution in [1.29, 1.82) is 0 Å². The largest absolute Gasteiger partial charge is 0.472 e. The summed E-state index contributed by atoms with van der Waals surface area (Å²) in [4.78, 5) is 73.1. The highest BCUT2D eigenvalue weighted by molar-refractivity contribution is 7.47. The van der Waals surface area contributed by atoms with E-state index < -0.39 is 97.5 Å². The van der Waals surface area contributed by atoms with Gasteiger partial charge < -0.3 is 33.8 Å². The minimum atomic E-state index is -4.96. The van der Waals surface area contributed by atoms with Crippen molar-refractivity contribution in [1.82, 2.24) is 0 Å². The van der Waals surface area contributed by atoms with Crippen molar-refractivity contribution in [3.8, 4) is 0 Å². The van der Waals surface area contributed by atoms with Crippen molar-refractivity contribution in [2.24, 2.45) is 11.8 Å². The van der Waals surface area contributed by atoms with Crippen LogP contribution in [-0.2, 0) is 65.4 Å². The first-order valence-corrected chi connectivity index (χ1v) is 46.5. The quantitative estimate of drug-likeness (QED) is 0.0222. The van der Waals surface area contributed by atoms with E-state index >= 15 is 0 Å². The lowest BCUT2D eigenvalue weighted by Gasteiger charge is -2.21. The lowest BCUT2D eigenvalue weighted by Crippen LogP contribution is -2.30. The van der Waals surface area contributed by atoms with Crippen LogP contribution in [0.1, 0.15) is 446 Å². The van der Waals surface area contributed by atoms with E-state index in [1.807, 2.05) is 0 Å². The van der Waals surface area contributed by atoms with Crippen LogP contribution in [0.5, 0.6) is 0 Å². The molecule has 0 radical (unpaired) electrons. The zero-order valence-electron chi connectivity index (χ0n) is 67.6. The summed E-state index contributed by atoms with van der Waals surface area (Å²) in [6.45, 7) is 9.60. The first-order chi connectivity index (χ1) is 49.9. The minimum Gasteiger partial charge on any atom is -0.462 e. The molecule has 0 aliphatic carbocycles. The predicted octanol–water partition coefficient (Wildman–Crippen LogP) is 25.5. The number of aliphatic hydroxyl groups excluding tert-OH is 1. The number of hydrogen-bond donors (Lipinski definition) is 3. The van der Waals surface area contributed by atoms with E-state index in [1.165, 1.54) is 257 Å². The summed E-state index contributed by atoms with van der Waals surface area (Å²) < 4.78 is 68.8. The van der Waals surface area contributed by atoms with Gasteiger partial charge in [0.1, 0.15) is 19.3 Å². The average Bonchev–Trinajstić information content (AvgIpc) is 0.930. The van der Waals surface area contributed by atoms with Gasteiger partial charge in [0, 0.05) is 25.7 Å². The number of rotatable bonds is 83. The van der Waals surface area contributed by atoms with Gasteiger partial charge in [0.15, 0.2) is 12.2 Å². The number of phosphoric ester groups is 2. The molecule has 17 nitrogen and oxygen atoms in total. The maximum absolute atomic E-state index is 13.1. The molecule has 0 saturated carbocycles. The third-order valence-corrected chi connectivity index (χ3v) is 21.6. The van der Waals surface area contributed by atoms with Crippen LogP contribution in [0.3, 0.4) is 0 Å². The highest BCUT2D eigenvalue weighted by Gasteiger charge is 2.30. The molecule has 0 heterocycles. The first-order valence-electron chi connectivity index (χ1n) is 43.5. The maximum atomic E-state index is 13.1. The fourth-order valence-electron chi connectivity index (χ4n) is 13.1. The van der Waals surface area contributed by atoms with Gasteiger partial charge in [0.2, 0.25) is 0 Å². The van der Waals surface area contributed by atoms with Crippen molar-refractivity contribution in [3.05, 3.63) is 0 Å². The molecule has 2 unspecified atom stereocenters. The van der Waals surface area contributed by atoms with E-state index in [0.717, 1.165) is 102 Å². The number of carbonyl (C=O) groups excluding carboxylic acids is 4. The van der Waals surface area contributed by atoms with Crippen LogP contribution in [0.25, 0.3) is 0 Å². The topological polar surface area (TPSA) is 237 Å². The van der Waals surface area contributed by atoms with E-state index in [4.69, 9.17) is 37.0 Å². The van der Waals surface area contributed by atoms with Crippen LogP contribution in [0.2, 0.25) is 0 Å². The van der Waals surface area contributed by atoms with Gasteiger partial charge in [-0.2, -0.15) is 0 Å². The molecule has 0 amide bonds. The molecule has 0 fully saturated rings. The van der Waals surface area contributed by atoms with Crippen molar-refractivity contribution in [3.63, 3.8) is 0 Å². The van der Waals surface area contributed by atoms with E-state index in [9.17, 15) is 43.2 Å². The normalized spacial score (nSPS) is 13.9. The Balaban J connectivity index is 5.20. The van der Waals surface area contributed by atoms with Gasteiger partial charge in [-0.3, -0.25) is 37.3 Å². The second-order valence-electron chi connectivity index (χ2n) is 31.2. The molecule has 0 aromatic carbocycles. The Morgan fingerprint density at radius 1 is 0.262 bits per heavy atom. The standard InChI is InChI=1S/C84H164O17P2/c1-7-9-11-13-15-17-19-21-23-24-25-26-27-28-33-37-41-45-49-57-63-69-83(88)100-79(72-94-81(86)66-60-54-47-43-39-36-32-30-29-31-34-38-42-46-52-58-64-76(3)4)74-98-102(90,91)96-70-78(85)71-97-103(92,93)99-75-80(73-95-82(87)67-61-55-51-50-53-59-65-77(5)6)101-84(89)68-62-56-48-44-40-35-22-20-18-16-14-12-10-8-2/h76-80,85H,7-75H2,1-6H3,(H,90,91)(H,92,93)/t78-,79-,80-/m1/s1. The van der Waals surface area contributed by atoms with Gasteiger partial charge in [-0.25, -0.2) is 9.13 Å². The summed E-state index contributed by atoms with van der Waals surface area (Å²) in [6, 6.07) is 0. The average molecular weight is 1510 g/mol. The highest BCUT2D eigenvalue weighted by Crippen LogP contribution is 2.45. The van der Waals surface area contributed by atoms with Crippen molar-refractivity contribution >= 4 is 39.5 Å². The molecule has 0 aromatic heterocycles. The monoisotopic (exact) mass is 1510 g/mol. The number of ether oxygens (including phenoxy) is 4. The fourth-order valence-corrected chi connectivity index (χ4v) is 14.6. The molecule has 0 rings (SSSR count). The van der Waals surface area contributed by atoms with Gasteiger partial charge in [-0.1, -0.05) is 395 Å². The van der Waals surface area contributed by atoms with Crippen LogP contribution >= 0.6 is 15.6 Å². The molecule has 612 valence electrons. The molecule has 19 heteroatoms. The summed E-state index contributed by atoms with van der Waals surface area (Å²) in [5.41, 5.74) is 0. The van der Waals surface area contributed by atoms with Gasteiger partial charge in [0.25, 0.3) is 0 Å². The molecule has 0 aliphatic heterocycles. The summed E-state index contributed by atoms with van der Waals surface area (Å²) in [5.74, 6) is -0.615. The fraction of sp³-hybridized carbons (Fsp3) is 0.952. The molecule has 0 saturated heterocycles. The van der Waals surface area contributed by atoms with Gasteiger partial charge >= 0.3 is 39.5 Å². The Bertz CT molecular complexity index is 1980. The van der Waals surface area contributed by atoms with Crippen molar-refractivity contribution in [2.75, 3.05) is 39.6 Å². The first kappa shape index (κ1) is 101. The van der Waals surface area contributed by atoms with E-state index in [-0.39, 0.29) is 25.7 Å². The summed E-state index contributed by atoms with van der Waals surface area (Å²) in [6.07, 6.45) is 66.9. The van der Waals surface area contributed by atoms with Gasteiger partial charge in [-0.15, -0.1) is 0 Å². The smallest absolute Gasteiger partial charge is 0.462 e. The molecular weight excluding hydrogens is 1340 g/mol. The Hall–Kier alpha value is -1.94. The number of esters is 4. The minimum absolute atomic E-state index is 0.107. The molecule has 3 N–H and O–H groups in total. The van der Waals surface area contributed by atoms with E-state index in [1.54, 1.807) is 0 Å².